The van der Waals surface area contributed by atoms with Crippen molar-refractivity contribution in [1.82, 2.24) is 4.90 Å². The Labute approximate surface area is 109 Å². The molecule has 0 saturated carbocycles. The monoisotopic (exact) mass is 250 g/mol. The zero-order chi connectivity index (χ0) is 13.2. The Hall–Kier alpha value is -1.26. The molecule has 0 amide bonds. The van der Waals surface area contributed by atoms with Gasteiger partial charge in [0, 0.05) is 12.1 Å². The van der Waals surface area contributed by atoms with Gasteiger partial charge in [0.15, 0.2) is 11.5 Å². The number of nitrogens with two attached hydrogens (primary N) is 1. The van der Waals surface area contributed by atoms with E-state index in [0.717, 1.165) is 24.5 Å². The molecule has 0 spiro atoms. The van der Waals surface area contributed by atoms with Gasteiger partial charge in [-0.3, -0.25) is 4.90 Å². The summed E-state index contributed by atoms with van der Waals surface area (Å²) in [6.45, 7) is 6.34. The van der Waals surface area contributed by atoms with E-state index in [1.165, 1.54) is 5.56 Å². The summed E-state index contributed by atoms with van der Waals surface area (Å²) in [6, 6.07) is 6.11. The second kappa shape index (κ2) is 5.16. The molecule has 0 unspecified atom stereocenters. The highest BCUT2D eigenvalue weighted by molar-refractivity contribution is 5.44. The standard InChI is InChI=1S/C14H22N2O2/c1-14(2,6-7-15)16(3)9-11-4-5-12-13(8-11)18-10-17-12/h4-5,8H,6-7,9-10,15H2,1-3H3. The third-order valence-electron chi connectivity index (χ3n) is 3.65. The number of benzene rings is 1. The number of hydrogen-bond donors (Lipinski definition) is 1. The number of hydrogen-bond acceptors (Lipinski definition) is 4. The minimum Gasteiger partial charge on any atom is -0.454 e. The minimum absolute atomic E-state index is 0.102. The Kier molecular flexibility index (Phi) is 3.78. The highest BCUT2D eigenvalue weighted by atomic mass is 16.7. The van der Waals surface area contributed by atoms with Crippen molar-refractivity contribution in [3.63, 3.8) is 0 Å². The molecule has 1 heterocycles. The molecule has 4 heteroatoms. The molecular weight excluding hydrogens is 228 g/mol. The van der Waals surface area contributed by atoms with Gasteiger partial charge in [0.05, 0.1) is 0 Å². The van der Waals surface area contributed by atoms with E-state index in [0.29, 0.717) is 13.3 Å². The Morgan fingerprint density at radius 1 is 1.28 bits per heavy atom. The first kappa shape index (κ1) is 13.2. The lowest BCUT2D eigenvalue weighted by molar-refractivity contribution is 0.140. The van der Waals surface area contributed by atoms with Crippen LogP contribution in [0.1, 0.15) is 25.8 Å². The fourth-order valence-corrected chi connectivity index (χ4v) is 2.07. The molecule has 0 aromatic heterocycles. The second-order valence-corrected chi connectivity index (χ2v) is 5.39. The number of rotatable bonds is 5. The summed E-state index contributed by atoms with van der Waals surface area (Å²) >= 11 is 0. The Morgan fingerprint density at radius 2 is 2.00 bits per heavy atom. The van der Waals surface area contributed by atoms with Crippen molar-refractivity contribution >= 4 is 0 Å². The van der Waals surface area contributed by atoms with Gasteiger partial charge in [0.2, 0.25) is 6.79 Å². The molecule has 2 N–H and O–H groups in total. The Bertz CT molecular complexity index is 418. The molecule has 4 nitrogen and oxygen atoms in total. The van der Waals surface area contributed by atoms with E-state index in [9.17, 15) is 0 Å². The summed E-state index contributed by atoms with van der Waals surface area (Å²) in [5.74, 6) is 1.68. The van der Waals surface area contributed by atoms with Gasteiger partial charge in [0.1, 0.15) is 0 Å². The molecule has 1 aliphatic rings. The summed E-state index contributed by atoms with van der Waals surface area (Å²) in [7, 11) is 2.13. The molecule has 0 radical (unpaired) electrons. The topological polar surface area (TPSA) is 47.7 Å². The summed E-state index contributed by atoms with van der Waals surface area (Å²) in [5.41, 5.74) is 6.99. The second-order valence-electron chi connectivity index (χ2n) is 5.39. The molecule has 0 bridgehead atoms. The van der Waals surface area contributed by atoms with Crippen LogP contribution < -0.4 is 15.2 Å². The highest BCUT2D eigenvalue weighted by Crippen LogP contribution is 2.33. The largest absolute Gasteiger partial charge is 0.454 e. The van der Waals surface area contributed by atoms with E-state index in [4.69, 9.17) is 15.2 Å². The lowest BCUT2D eigenvalue weighted by Crippen LogP contribution is -2.42. The van der Waals surface area contributed by atoms with Crippen molar-refractivity contribution in [2.45, 2.75) is 32.4 Å². The van der Waals surface area contributed by atoms with Crippen LogP contribution in [-0.2, 0) is 6.54 Å². The van der Waals surface area contributed by atoms with Gasteiger partial charge in [0.25, 0.3) is 0 Å². The summed E-state index contributed by atoms with van der Waals surface area (Å²) in [6.07, 6.45) is 0.980. The molecule has 1 aromatic carbocycles. The fraction of sp³-hybridized carbons (Fsp3) is 0.571. The third kappa shape index (κ3) is 2.76. The SMILES string of the molecule is CN(Cc1ccc2c(c1)OCO2)C(C)(C)CCN. The first-order valence-electron chi connectivity index (χ1n) is 6.33. The van der Waals surface area contributed by atoms with Gasteiger partial charge in [-0.25, -0.2) is 0 Å². The number of nitrogens with zero attached hydrogens (tertiary/aromatic N) is 1. The van der Waals surface area contributed by atoms with Gasteiger partial charge in [-0.05, 0) is 51.6 Å². The fourth-order valence-electron chi connectivity index (χ4n) is 2.07. The maximum absolute atomic E-state index is 5.66. The normalized spacial score (nSPS) is 14.3. The molecule has 0 aliphatic carbocycles. The van der Waals surface area contributed by atoms with Crippen LogP contribution in [0.5, 0.6) is 11.5 Å². The van der Waals surface area contributed by atoms with Crippen molar-refractivity contribution in [3.8, 4) is 11.5 Å². The summed E-state index contributed by atoms with van der Waals surface area (Å²) in [5, 5.41) is 0. The number of fused-ring (bicyclic) bond motifs is 1. The average Bonchev–Trinajstić information content (AvgIpc) is 2.76. The molecule has 1 aliphatic heterocycles. The van der Waals surface area contributed by atoms with Crippen molar-refractivity contribution in [2.75, 3.05) is 20.4 Å². The first-order chi connectivity index (χ1) is 8.53. The molecule has 0 fully saturated rings. The van der Waals surface area contributed by atoms with Crippen LogP contribution in [-0.4, -0.2) is 30.8 Å². The van der Waals surface area contributed by atoms with Crippen LogP contribution in [0.4, 0.5) is 0 Å². The van der Waals surface area contributed by atoms with Crippen LogP contribution in [0.15, 0.2) is 18.2 Å². The van der Waals surface area contributed by atoms with Crippen LogP contribution in [0.3, 0.4) is 0 Å². The predicted octanol–water partition coefficient (Wildman–Crippen LogP) is 1.97. The van der Waals surface area contributed by atoms with Crippen molar-refractivity contribution in [3.05, 3.63) is 23.8 Å². The van der Waals surface area contributed by atoms with Gasteiger partial charge in [-0.2, -0.15) is 0 Å². The van der Waals surface area contributed by atoms with Crippen LogP contribution in [0.2, 0.25) is 0 Å². The zero-order valence-electron chi connectivity index (χ0n) is 11.4. The lowest BCUT2D eigenvalue weighted by atomic mass is 9.98. The average molecular weight is 250 g/mol. The van der Waals surface area contributed by atoms with E-state index in [1.54, 1.807) is 0 Å². The maximum Gasteiger partial charge on any atom is 0.231 e. The molecule has 1 aromatic rings. The van der Waals surface area contributed by atoms with Crippen molar-refractivity contribution in [2.24, 2.45) is 5.73 Å². The van der Waals surface area contributed by atoms with Crippen molar-refractivity contribution in [1.29, 1.82) is 0 Å². The first-order valence-corrected chi connectivity index (χ1v) is 6.33. The zero-order valence-corrected chi connectivity index (χ0v) is 11.4. The third-order valence-corrected chi connectivity index (χ3v) is 3.65. The van der Waals surface area contributed by atoms with E-state index in [1.807, 2.05) is 6.07 Å². The lowest BCUT2D eigenvalue weighted by Gasteiger charge is -2.35. The molecule has 0 saturated heterocycles. The smallest absolute Gasteiger partial charge is 0.231 e. The van der Waals surface area contributed by atoms with Crippen LogP contribution in [0.25, 0.3) is 0 Å². The number of ether oxygens (including phenoxy) is 2. The van der Waals surface area contributed by atoms with Crippen LogP contribution in [0, 0.1) is 0 Å². The molecule has 2 rings (SSSR count). The van der Waals surface area contributed by atoms with E-state index in [-0.39, 0.29) is 5.54 Å². The Balaban J connectivity index is 2.05. The van der Waals surface area contributed by atoms with Gasteiger partial charge < -0.3 is 15.2 Å². The summed E-state index contributed by atoms with van der Waals surface area (Å²) in [4.78, 5) is 2.32. The van der Waals surface area contributed by atoms with Gasteiger partial charge >= 0.3 is 0 Å². The van der Waals surface area contributed by atoms with Gasteiger partial charge in [-0.1, -0.05) is 6.07 Å². The Morgan fingerprint density at radius 3 is 2.72 bits per heavy atom. The van der Waals surface area contributed by atoms with E-state index in [2.05, 4.69) is 37.9 Å². The minimum atomic E-state index is 0.102. The highest BCUT2D eigenvalue weighted by Gasteiger charge is 2.23. The van der Waals surface area contributed by atoms with Crippen molar-refractivity contribution < 1.29 is 9.47 Å². The summed E-state index contributed by atoms with van der Waals surface area (Å²) < 4.78 is 10.7. The quantitative estimate of drug-likeness (QED) is 0.868. The van der Waals surface area contributed by atoms with E-state index >= 15 is 0 Å². The molecule has 100 valence electrons. The van der Waals surface area contributed by atoms with Gasteiger partial charge in [-0.15, -0.1) is 0 Å². The van der Waals surface area contributed by atoms with Crippen LogP contribution >= 0.6 is 0 Å². The molecular formula is C14H22N2O2. The molecule has 0 atom stereocenters. The predicted molar refractivity (Wildman–Crippen MR) is 71.8 cm³/mol. The maximum atomic E-state index is 5.66. The molecule has 18 heavy (non-hydrogen) atoms. The van der Waals surface area contributed by atoms with E-state index < -0.39 is 0 Å².